The van der Waals surface area contributed by atoms with E-state index in [0.29, 0.717) is 11.5 Å². The van der Waals surface area contributed by atoms with E-state index in [0.717, 1.165) is 17.8 Å². The molecule has 0 aromatic rings. The van der Waals surface area contributed by atoms with E-state index in [2.05, 4.69) is 19.0 Å². The predicted octanol–water partition coefficient (Wildman–Crippen LogP) is 2.48. The third kappa shape index (κ3) is 1.84. The monoisotopic (exact) mass is 236 g/mol. The Morgan fingerprint density at radius 3 is 2.71 bits per heavy atom. The van der Waals surface area contributed by atoms with E-state index in [4.69, 9.17) is 5.73 Å². The molecule has 17 heavy (non-hydrogen) atoms. The van der Waals surface area contributed by atoms with Gasteiger partial charge < -0.3 is 10.6 Å². The van der Waals surface area contributed by atoms with Crippen LogP contribution in [0, 0.1) is 23.2 Å². The summed E-state index contributed by atoms with van der Waals surface area (Å²) < 4.78 is 0. The van der Waals surface area contributed by atoms with Gasteiger partial charge in [-0.2, -0.15) is 0 Å². The summed E-state index contributed by atoms with van der Waals surface area (Å²) in [6.45, 7) is 1.27. The van der Waals surface area contributed by atoms with Crippen LogP contribution in [0.2, 0.25) is 0 Å². The maximum atomic E-state index is 6.61. The standard InChI is InChI=1S/C15H28N2/c1-17(2)10-11-4-3-7-15(9-11)13-6-5-12(8-13)14(15)16/h11-14H,3-10,16H2,1-2H3/t11-,12?,13?,14?,15+/m0/s1. The van der Waals surface area contributed by atoms with Gasteiger partial charge in [-0.05, 0) is 75.8 Å². The highest BCUT2D eigenvalue weighted by atomic mass is 15.1. The minimum Gasteiger partial charge on any atom is -0.327 e. The van der Waals surface area contributed by atoms with Crippen LogP contribution in [-0.4, -0.2) is 31.6 Å². The number of nitrogens with two attached hydrogens (primary N) is 1. The Labute approximate surface area is 106 Å². The lowest BCUT2D eigenvalue weighted by Gasteiger charge is -2.48. The van der Waals surface area contributed by atoms with Gasteiger partial charge in [-0.3, -0.25) is 0 Å². The molecule has 98 valence electrons. The van der Waals surface area contributed by atoms with Gasteiger partial charge >= 0.3 is 0 Å². The van der Waals surface area contributed by atoms with Crippen LogP contribution in [0.4, 0.5) is 0 Å². The molecular weight excluding hydrogens is 208 g/mol. The van der Waals surface area contributed by atoms with Crippen molar-refractivity contribution >= 4 is 0 Å². The van der Waals surface area contributed by atoms with Crippen molar-refractivity contribution in [2.75, 3.05) is 20.6 Å². The highest BCUT2D eigenvalue weighted by molar-refractivity contribution is 5.10. The van der Waals surface area contributed by atoms with E-state index in [-0.39, 0.29) is 0 Å². The van der Waals surface area contributed by atoms with Gasteiger partial charge in [-0.1, -0.05) is 6.42 Å². The molecule has 3 unspecified atom stereocenters. The van der Waals surface area contributed by atoms with Gasteiger partial charge in [-0.25, -0.2) is 0 Å². The molecule has 0 heterocycles. The van der Waals surface area contributed by atoms with Gasteiger partial charge in [0.1, 0.15) is 0 Å². The van der Waals surface area contributed by atoms with Crippen LogP contribution < -0.4 is 5.73 Å². The molecule has 2 bridgehead atoms. The van der Waals surface area contributed by atoms with Crippen molar-refractivity contribution in [2.24, 2.45) is 28.9 Å². The Morgan fingerprint density at radius 2 is 2.06 bits per heavy atom. The van der Waals surface area contributed by atoms with Crippen LogP contribution in [0.5, 0.6) is 0 Å². The molecule has 1 spiro atoms. The number of nitrogens with zero attached hydrogens (tertiary/aromatic N) is 1. The largest absolute Gasteiger partial charge is 0.327 e. The molecule has 3 rings (SSSR count). The summed E-state index contributed by atoms with van der Waals surface area (Å²) in [4.78, 5) is 2.36. The second-order valence-electron chi connectivity index (χ2n) is 7.25. The number of rotatable bonds is 2. The second kappa shape index (κ2) is 4.24. The molecular formula is C15H28N2. The average Bonchev–Trinajstić information content (AvgIpc) is 2.83. The first-order valence-corrected chi connectivity index (χ1v) is 7.52. The Bertz CT molecular complexity index is 285. The van der Waals surface area contributed by atoms with E-state index in [1.54, 1.807) is 0 Å². The molecule has 0 amide bonds. The molecule has 5 atom stereocenters. The molecule has 3 aliphatic rings. The van der Waals surface area contributed by atoms with Crippen LogP contribution >= 0.6 is 0 Å². The van der Waals surface area contributed by atoms with Crippen LogP contribution in [0.1, 0.15) is 44.9 Å². The van der Waals surface area contributed by atoms with Crippen LogP contribution in [-0.2, 0) is 0 Å². The third-order valence-electron chi connectivity index (χ3n) is 6.00. The topological polar surface area (TPSA) is 29.3 Å². The van der Waals surface area contributed by atoms with E-state index < -0.39 is 0 Å². The summed E-state index contributed by atoms with van der Waals surface area (Å²) in [7, 11) is 4.42. The smallest absolute Gasteiger partial charge is 0.0127 e. The van der Waals surface area contributed by atoms with E-state index >= 15 is 0 Å². The lowest BCUT2D eigenvalue weighted by Crippen LogP contribution is -2.49. The van der Waals surface area contributed by atoms with Crippen molar-refractivity contribution in [3.05, 3.63) is 0 Å². The highest BCUT2D eigenvalue weighted by Gasteiger charge is 2.57. The van der Waals surface area contributed by atoms with Crippen LogP contribution in [0.15, 0.2) is 0 Å². The van der Waals surface area contributed by atoms with Crippen molar-refractivity contribution in [3.63, 3.8) is 0 Å². The van der Waals surface area contributed by atoms with Gasteiger partial charge in [0.25, 0.3) is 0 Å². The van der Waals surface area contributed by atoms with Gasteiger partial charge in [0.05, 0.1) is 0 Å². The molecule has 3 aliphatic carbocycles. The normalized spacial score (nSPS) is 49.4. The predicted molar refractivity (Wildman–Crippen MR) is 71.8 cm³/mol. The first kappa shape index (κ1) is 12.0. The summed E-state index contributed by atoms with van der Waals surface area (Å²) in [5.74, 6) is 2.76. The summed E-state index contributed by atoms with van der Waals surface area (Å²) in [5, 5.41) is 0. The van der Waals surface area contributed by atoms with E-state index in [9.17, 15) is 0 Å². The van der Waals surface area contributed by atoms with Crippen LogP contribution in [0.25, 0.3) is 0 Å². The first-order chi connectivity index (χ1) is 8.12. The quantitative estimate of drug-likeness (QED) is 0.798. The lowest BCUT2D eigenvalue weighted by molar-refractivity contribution is 0.0407. The van der Waals surface area contributed by atoms with Crippen molar-refractivity contribution in [3.8, 4) is 0 Å². The summed E-state index contributed by atoms with van der Waals surface area (Å²) in [6, 6.07) is 0.534. The maximum absolute atomic E-state index is 6.61. The van der Waals surface area contributed by atoms with E-state index in [1.807, 2.05) is 0 Å². The van der Waals surface area contributed by atoms with Crippen molar-refractivity contribution in [1.29, 1.82) is 0 Å². The zero-order valence-corrected chi connectivity index (χ0v) is 11.5. The molecule has 2 N–H and O–H groups in total. The van der Waals surface area contributed by atoms with Gasteiger partial charge in [0.2, 0.25) is 0 Å². The molecule has 3 saturated carbocycles. The lowest BCUT2D eigenvalue weighted by atomic mass is 9.59. The Balaban J connectivity index is 1.74. The Morgan fingerprint density at radius 1 is 1.24 bits per heavy atom. The fraction of sp³-hybridized carbons (Fsp3) is 1.00. The van der Waals surface area contributed by atoms with Gasteiger partial charge in [-0.15, -0.1) is 0 Å². The summed E-state index contributed by atoms with van der Waals surface area (Å²) in [6.07, 6.45) is 10.1. The summed E-state index contributed by atoms with van der Waals surface area (Å²) >= 11 is 0. The second-order valence-corrected chi connectivity index (χ2v) is 7.25. The molecule has 0 aromatic heterocycles. The minimum atomic E-state index is 0.534. The third-order valence-corrected chi connectivity index (χ3v) is 6.00. The Kier molecular flexibility index (Phi) is 2.99. The van der Waals surface area contributed by atoms with Crippen molar-refractivity contribution in [2.45, 2.75) is 51.0 Å². The average molecular weight is 236 g/mol. The molecule has 0 aliphatic heterocycles. The van der Waals surface area contributed by atoms with Crippen molar-refractivity contribution < 1.29 is 0 Å². The molecule has 2 heteroatoms. The minimum absolute atomic E-state index is 0.534. The highest BCUT2D eigenvalue weighted by Crippen LogP contribution is 2.61. The molecule has 0 saturated heterocycles. The van der Waals surface area contributed by atoms with E-state index in [1.165, 1.54) is 51.5 Å². The summed E-state index contributed by atoms with van der Waals surface area (Å²) in [5.41, 5.74) is 7.17. The molecule has 3 fully saturated rings. The molecule has 2 nitrogen and oxygen atoms in total. The van der Waals surface area contributed by atoms with Gasteiger partial charge in [0, 0.05) is 12.6 Å². The molecule has 0 radical (unpaired) electrons. The first-order valence-electron chi connectivity index (χ1n) is 7.52. The maximum Gasteiger partial charge on any atom is 0.0127 e. The van der Waals surface area contributed by atoms with Gasteiger partial charge in [0.15, 0.2) is 0 Å². The fourth-order valence-electron chi connectivity index (χ4n) is 5.41. The Hall–Kier alpha value is -0.0800. The van der Waals surface area contributed by atoms with Crippen LogP contribution in [0.3, 0.4) is 0 Å². The van der Waals surface area contributed by atoms with Crippen molar-refractivity contribution in [1.82, 2.24) is 4.90 Å². The number of hydrogen-bond acceptors (Lipinski definition) is 2. The number of hydrogen-bond donors (Lipinski definition) is 1. The zero-order chi connectivity index (χ0) is 12.0. The SMILES string of the molecule is CN(C)C[C@H]1CCC[C@@]2(C1)C1CCC(C1)C2N. The number of fused-ring (bicyclic) bond motifs is 3. The molecule has 0 aromatic carbocycles. The zero-order valence-electron chi connectivity index (χ0n) is 11.5. The fourth-order valence-corrected chi connectivity index (χ4v) is 5.41.